The van der Waals surface area contributed by atoms with Gasteiger partial charge in [0.1, 0.15) is 5.82 Å². The van der Waals surface area contributed by atoms with Crippen molar-refractivity contribution in [1.82, 2.24) is 10.2 Å². The molecule has 0 aromatic heterocycles. The fourth-order valence-corrected chi connectivity index (χ4v) is 1.99. The first kappa shape index (κ1) is 16.6. The summed E-state index contributed by atoms with van der Waals surface area (Å²) in [7, 11) is 1.88. The van der Waals surface area contributed by atoms with E-state index in [9.17, 15) is 9.18 Å². The van der Waals surface area contributed by atoms with E-state index in [1.807, 2.05) is 11.9 Å². The second-order valence-corrected chi connectivity index (χ2v) is 5.91. The highest BCUT2D eigenvalue weighted by molar-refractivity contribution is 5.77. The Bertz CT molecular complexity index is 448. The van der Waals surface area contributed by atoms with Gasteiger partial charge < -0.3 is 11.1 Å². The van der Waals surface area contributed by atoms with Crippen LogP contribution in [0.1, 0.15) is 19.4 Å². The minimum absolute atomic E-state index is 0.0272. The summed E-state index contributed by atoms with van der Waals surface area (Å²) >= 11 is 0. The highest BCUT2D eigenvalue weighted by Gasteiger charge is 2.19. The van der Waals surface area contributed by atoms with Gasteiger partial charge in [0.15, 0.2) is 0 Å². The minimum atomic E-state index is -0.301. The molecule has 0 atom stereocenters. The molecule has 0 saturated heterocycles. The number of rotatable bonds is 7. The zero-order chi connectivity index (χ0) is 15.2. The van der Waals surface area contributed by atoms with Crippen molar-refractivity contribution >= 4 is 5.91 Å². The molecule has 112 valence electrons. The summed E-state index contributed by atoms with van der Waals surface area (Å²) < 4.78 is 13.4. The number of benzene rings is 1. The van der Waals surface area contributed by atoms with Crippen LogP contribution in [-0.4, -0.2) is 37.5 Å². The van der Waals surface area contributed by atoms with Crippen molar-refractivity contribution < 1.29 is 9.18 Å². The Morgan fingerprint density at radius 2 is 2.05 bits per heavy atom. The normalized spacial score (nSPS) is 11.7. The Hall–Kier alpha value is -1.46. The van der Waals surface area contributed by atoms with Crippen molar-refractivity contribution in [3.8, 4) is 0 Å². The number of carbonyl (C=O) groups excluding carboxylic acids is 1. The van der Waals surface area contributed by atoms with Crippen LogP contribution in [0.2, 0.25) is 0 Å². The van der Waals surface area contributed by atoms with E-state index in [4.69, 9.17) is 5.73 Å². The van der Waals surface area contributed by atoms with Gasteiger partial charge in [-0.2, -0.15) is 0 Å². The Morgan fingerprint density at radius 3 is 2.65 bits per heavy atom. The molecule has 0 aliphatic heterocycles. The topological polar surface area (TPSA) is 58.4 Å². The Labute approximate surface area is 120 Å². The fourth-order valence-electron chi connectivity index (χ4n) is 1.99. The number of carbonyl (C=O) groups is 1. The van der Waals surface area contributed by atoms with Crippen LogP contribution in [0.25, 0.3) is 0 Å². The van der Waals surface area contributed by atoms with E-state index < -0.39 is 0 Å². The van der Waals surface area contributed by atoms with Gasteiger partial charge in [0.05, 0.1) is 6.54 Å². The number of hydrogen-bond donors (Lipinski definition) is 2. The molecule has 1 amide bonds. The zero-order valence-corrected chi connectivity index (χ0v) is 12.4. The van der Waals surface area contributed by atoms with E-state index in [1.165, 1.54) is 6.07 Å². The molecule has 1 aromatic rings. The lowest BCUT2D eigenvalue weighted by molar-refractivity contribution is -0.122. The van der Waals surface area contributed by atoms with Crippen LogP contribution in [0.4, 0.5) is 4.39 Å². The zero-order valence-electron chi connectivity index (χ0n) is 12.4. The van der Waals surface area contributed by atoms with Gasteiger partial charge in [0, 0.05) is 18.7 Å². The van der Waals surface area contributed by atoms with E-state index in [-0.39, 0.29) is 30.2 Å². The highest BCUT2D eigenvalue weighted by Crippen LogP contribution is 2.13. The van der Waals surface area contributed by atoms with Gasteiger partial charge in [0.2, 0.25) is 5.91 Å². The lowest BCUT2D eigenvalue weighted by Crippen LogP contribution is -2.41. The third kappa shape index (κ3) is 5.67. The van der Waals surface area contributed by atoms with Crippen molar-refractivity contribution in [3.05, 3.63) is 35.6 Å². The standard InChI is InChI=1S/C15H24FN3O/c1-15(2,10-17)11-19(3)9-14(20)18-8-12-6-4-5-7-13(12)16/h4-7H,8-11,17H2,1-3H3,(H,18,20). The molecule has 0 heterocycles. The molecule has 0 spiro atoms. The monoisotopic (exact) mass is 281 g/mol. The summed E-state index contributed by atoms with van der Waals surface area (Å²) in [4.78, 5) is 13.7. The van der Waals surface area contributed by atoms with Crippen LogP contribution in [0.15, 0.2) is 24.3 Å². The van der Waals surface area contributed by atoms with E-state index in [1.54, 1.807) is 18.2 Å². The molecule has 20 heavy (non-hydrogen) atoms. The lowest BCUT2D eigenvalue weighted by Gasteiger charge is -2.28. The third-order valence-electron chi connectivity index (χ3n) is 3.10. The first-order valence-corrected chi connectivity index (χ1v) is 6.73. The molecule has 0 radical (unpaired) electrons. The molecule has 0 saturated carbocycles. The Morgan fingerprint density at radius 1 is 1.40 bits per heavy atom. The van der Waals surface area contributed by atoms with Crippen molar-refractivity contribution in [2.75, 3.05) is 26.7 Å². The van der Waals surface area contributed by atoms with Gasteiger partial charge in [-0.1, -0.05) is 32.0 Å². The van der Waals surface area contributed by atoms with Crippen LogP contribution in [0.5, 0.6) is 0 Å². The molecule has 5 heteroatoms. The average Bonchev–Trinajstić information content (AvgIpc) is 2.37. The van der Waals surface area contributed by atoms with Crippen molar-refractivity contribution in [3.63, 3.8) is 0 Å². The first-order valence-electron chi connectivity index (χ1n) is 6.73. The predicted molar refractivity (Wildman–Crippen MR) is 78.6 cm³/mol. The van der Waals surface area contributed by atoms with Crippen LogP contribution in [-0.2, 0) is 11.3 Å². The number of amides is 1. The summed E-state index contributed by atoms with van der Waals surface area (Å²) in [5, 5.41) is 2.72. The van der Waals surface area contributed by atoms with Gasteiger partial charge >= 0.3 is 0 Å². The van der Waals surface area contributed by atoms with Gasteiger partial charge in [-0.3, -0.25) is 9.69 Å². The van der Waals surface area contributed by atoms with E-state index >= 15 is 0 Å². The van der Waals surface area contributed by atoms with Crippen LogP contribution < -0.4 is 11.1 Å². The SMILES string of the molecule is CN(CC(=O)NCc1ccccc1F)CC(C)(C)CN. The molecule has 1 rings (SSSR count). The summed E-state index contributed by atoms with van der Waals surface area (Å²) in [6, 6.07) is 6.43. The van der Waals surface area contributed by atoms with Gasteiger partial charge in [-0.25, -0.2) is 4.39 Å². The van der Waals surface area contributed by atoms with Gasteiger partial charge in [-0.05, 0) is 25.1 Å². The van der Waals surface area contributed by atoms with Crippen LogP contribution in [0, 0.1) is 11.2 Å². The van der Waals surface area contributed by atoms with Gasteiger partial charge in [-0.15, -0.1) is 0 Å². The van der Waals surface area contributed by atoms with E-state index in [0.29, 0.717) is 12.1 Å². The highest BCUT2D eigenvalue weighted by atomic mass is 19.1. The van der Waals surface area contributed by atoms with Crippen LogP contribution >= 0.6 is 0 Å². The molecule has 0 aliphatic carbocycles. The first-order chi connectivity index (χ1) is 9.34. The second kappa shape index (κ2) is 7.36. The third-order valence-corrected chi connectivity index (χ3v) is 3.10. The van der Waals surface area contributed by atoms with E-state index in [0.717, 1.165) is 6.54 Å². The number of nitrogens with one attached hydrogen (secondary N) is 1. The molecule has 3 N–H and O–H groups in total. The maximum Gasteiger partial charge on any atom is 0.234 e. The van der Waals surface area contributed by atoms with Crippen molar-refractivity contribution in [1.29, 1.82) is 0 Å². The summed E-state index contributed by atoms with van der Waals surface area (Å²) in [6.07, 6.45) is 0. The molecular formula is C15H24FN3O. The average molecular weight is 281 g/mol. The lowest BCUT2D eigenvalue weighted by atomic mass is 9.93. The summed E-state index contributed by atoms with van der Waals surface area (Å²) in [5.74, 6) is -0.422. The maximum absolute atomic E-state index is 13.4. The molecule has 0 fully saturated rings. The Kier molecular flexibility index (Phi) is 6.10. The largest absolute Gasteiger partial charge is 0.351 e. The predicted octanol–water partition coefficient (Wildman–Crippen LogP) is 1.36. The quantitative estimate of drug-likeness (QED) is 0.793. The summed E-state index contributed by atoms with van der Waals surface area (Å²) in [5.41, 5.74) is 6.13. The number of nitrogens with two attached hydrogens (primary N) is 1. The minimum Gasteiger partial charge on any atom is -0.351 e. The number of nitrogens with zero attached hydrogens (tertiary/aromatic N) is 1. The van der Waals surface area contributed by atoms with Gasteiger partial charge in [0.25, 0.3) is 0 Å². The smallest absolute Gasteiger partial charge is 0.234 e. The molecule has 1 aromatic carbocycles. The second-order valence-electron chi connectivity index (χ2n) is 5.91. The molecule has 0 unspecified atom stereocenters. The molecular weight excluding hydrogens is 257 g/mol. The number of halogens is 1. The fraction of sp³-hybridized carbons (Fsp3) is 0.533. The van der Waals surface area contributed by atoms with Crippen molar-refractivity contribution in [2.24, 2.45) is 11.1 Å². The van der Waals surface area contributed by atoms with Crippen molar-refractivity contribution in [2.45, 2.75) is 20.4 Å². The summed E-state index contributed by atoms with van der Waals surface area (Å²) in [6.45, 7) is 5.89. The molecule has 0 aliphatic rings. The van der Waals surface area contributed by atoms with E-state index in [2.05, 4.69) is 19.2 Å². The Balaban J connectivity index is 2.39. The number of hydrogen-bond acceptors (Lipinski definition) is 3. The van der Waals surface area contributed by atoms with Crippen LogP contribution in [0.3, 0.4) is 0 Å². The maximum atomic E-state index is 13.4. The molecule has 4 nitrogen and oxygen atoms in total. The number of likely N-dealkylation sites (N-methyl/N-ethyl adjacent to an activating group) is 1. The molecule has 0 bridgehead atoms.